The average molecular weight is 321 g/mol. The van der Waals surface area contributed by atoms with E-state index in [1.165, 1.54) is 0 Å². The highest BCUT2D eigenvalue weighted by atomic mass is 16.3. The SMILES string of the molecule is CC(C)c1cc(C(=O)N2CC(CO)CCC2C)nn1C(C)(C)C. The van der Waals surface area contributed by atoms with Crippen molar-refractivity contribution in [1.82, 2.24) is 14.7 Å². The first-order chi connectivity index (χ1) is 10.6. The molecule has 0 bridgehead atoms. The number of carbonyl (C=O) groups is 1. The summed E-state index contributed by atoms with van der Waals surface area (Å²) in [5.74, 6) is 0.484. The van der Waals surface area contributed by atoms with E-state index in [0.29, 0.717) is 18.2 Å². The lowest BCUT2D eigenvalue weighted by Gasteiger charge is -2.37. The number of amides is 1. The van der Waals surface area contributed by atoms with Gasteiger partial charge in [0.15, 0.2) is 5.69 Å². The molecular weight excluding hydrogens is 290 g/mol. The molecule has 2 heterocycles. The zero-order valence-corrected chi connectivity index (χ0v) is 15.3. The summed E-state index contributed by atoms with van der Waals surface area (Å²) in [7, 11) is 0. The van der Waals surface area contributed by atoms with Crippen LogP contribution in [-0.2, 0) is 5.54 Å². The first-order valence-electron chi connectivity index (χ1n) is 8.67. The van der Waals surface area contributed by atoms with Crippen LogP contribution in [0, 0.1) is 5.92 Å². The highest BCUT2D eigenvalue weighted by Gasteiger charge is 2.32. The summed E-state index contributed by atoms with van der Waals surface area (Å²) in [5.41, 5.74) is 1.46. The lowest BCUT2D eigenvalue weighted by Crippen LogP contribution is -2.46. The molecule has 2 unspecified atom stereocenters. The molecule has 1 aromatic heterocycles. The van der Waals surface area contributed by atoms with E-state index in [-0.39, 0.29) is 30.0 Å². The molecule has 1 N–H and O–H groups in total. The first-order valence-corrected chi connectivity index (χ1v) is 8.67. The average Bonchev–Trinajstić information content (AvgIpc) is 2.92. The molecule has 1 aliphatic rings. The molecule has 1 saturated heterocycles. The predicted molar refractivity (Wildman–Crippen MR) is 91.6 cm³/mol. The molecule has 5 nitrogen and oxygen atoms in total. The molecule has 0 radical (unpaired) electrons. The summed E-state index contributed by atoms with van der Waals surface area (Å²) in [6.07, 6.45) is 1.92. The molecule has 5 heteroatoms. The van der Waals surface area contributed by atoms with Crippen LogP contribution in [0.2, 0.25) is 0 Å². The van der Waals surface area contributed by atoms with Crippen molar-refractivity contribution >= 4 is 5.91 Å². The Bertz CT molecular complexity index is 557. The highest BCUT2D eigenvalue weighted by Crippen LogP contribution is 2.27. The quantitative estimate of drug-likeness (QED) is 0.931. The Morgan fingerprint density at radius 2 is 2.04 bits per heavy atom. The van der Waals surface area contributed by atoms with Crippen molar-refractivity contribution in [2.24, 2.45) is 5.92 Å². The van der Waals surface area contributed by atoms with Crippen molar-refractivity contribution in [1.29, 1.82) is 0 Å². The number of nitrogens with zero attached hydrogens (tertiary/aromatic N) is 3. The molecule has 0 aliphatic carbocycles. The van der Waals surface area contributed by atoms with Crippen LogP contribution in [0.3, 0.4) is 0 Å². The number of hydrogen-bond acceptors (Lipinski definition) is 3. The van der Waals surface area contributed by atoms with Gasteiger partial charge in [-0.2, -0.15) is 5.10 Å². The Labute approximate surface area is 139 Å². The molecule has 2 atom stereocenters. The van der Waals surface area contributed by atoms with E-state index in [9.17, 15) is 9.90 Å². The molecule has 0 spiro atoms. The fraction of sp³-hybridized carbons (Fsp3) is 0.778. The second kappa shape index (κ2) is 6.63. The Morgan fingerprint density at radius 3 is 2.52 bits per heavy atom. The van der Waals surface area contributed by atoms with Gasteiger partial charge in [0, 0.05) is 24.9 Å². The van der Waals surface area contributed by atoms with E-state index in [2.05, 4.69) is 46.6 Å². The zero-order valence-electron chi connectivity index (χ0n) is 15.3. The van der Waals surface area contributed by atoms with Crippen LogP contribution in [0.4, 0.5) is 0 Å². The van der Waals surface area contributed by atoms with Crippen molar-refractivity contribution in [2.75, 3.05) is 13.2 Å². The Hall–Kier alpha value is -1.36. The van der Waals surface area contributed by atoms with Gasteiger partial charge in [0.05, 0.1) is 5.54 Å². The van der Waals surface area contributed by atoms with E-state index < -0.39 is 0 Å². The van der Waals surface area contributed by atoms with Gasteiger partial charge in [-0.3, -0.25) is 9.48 Å². The molecule has 0 saturated carbocycles. The van der Waals surface area contributed by atoms with Gasteiger partial charge in [-0.05, 0) is 58.4 Å². The van der Waals surface area contributed by atoms with Crippen molar-refractivity contribution < 1.29 is 9.90 Å². The molecule has 1 fully saturated rings. The largest absolute Gasteiger partial charge is 0.396 e. The predicted octanol–water partition coefficient (Wildman–Crippen LogP) is 2.99. The molecule has 0 aromatic carbocycles. The summed E-state index contributed by atoms with van der Waals surface area (Å²) >= 11 is 0. The minimum Gasteiger partial charge on any atom is -0.396 e. The zero-order chi connectivity index (χ0) is 17.4. The molecule has 2 rings (SSSR count). The van der Waals surface area contributed by atoms with Gasteiger partial charge in [0.1, 0.15) is 0 Å². The Kier molecular flexibility index (Phi) is 5.19. The number of rotatable bonds is 3. The molecule has 23 heavy (non-hydrogen) atoms. The molecule has 1 aromatic rings. The Morgan fingerprint density at radius 1 is 1.39 bits per heavy atom. The number of hydrogen-bond donors (Lipinski definition) is 1. The van der Waals surface area contributed by atoms with Gasteiger partial charge in [0.25, 0.3) is 5.91 Å². The number of aromatic nitrogens is 2. The third-order valence-corrected chi connectivity index (χ3v) is 4.68. The second-order valence-electron chi connectivity index (χ2n) is 8.12. The minimum absolute atomic E-state index is 0.0134. The van der Waals surface area contributed by atoms with Crippen LogP contribution in [0.25, 0.3) is 0 Å². The monoisotopic (exact) mass is 321 g/mol. The van der Waals surface area contributed by atoms with Crippen molar-refractivity contribution in [3.05, 3.63) is 17.5 Å². The summed E-state index contributed by atoms with van der Waals surface area (Å²) in [6.45, 7) is 13.4. The van der Waals surface area contributed by atoms with Gasteiger partial charge in [-0.25, -0.2) is 0 Å². The topological polar surface area (TPSA) is 58.4 Å². The van der Waals surface area contributed by atoms with E-state index in [0.717, 1.165) is 18.5 Å². The third kappa shape index (κ3) is 3.77. The number of aliphatic hydroxyl groups excluding tert-OH is 1. The van der Waals surface area contributed by atoms with Gasteiger partial charge in [-0.15, -0.1) is 0 Å². The first kappa shape index (κ1) is 18.0. The lowest BCUT2D eigenvalue weighted by molar-refractivity contribution is 0.0482. The maximum absolute atomic E-state index is 13.0. The smallest absolute Gasteiger partial charge is 0.274 e. The van der Waals surface area contributed by atoms with Crippen LogP contribution in [-0.4, -0.2) is 44.9 Å². The van der Waals surface area contributed by atoms with Crippen LogP contribution < -0.4 is 0 Å². The summed E-state index contributed by atoms with van der Waals surface area (Å²) in [4.78, 5) is 14.8. The van der Waals surface area contributed by atoms with E-state index in [4.69, 9.17) is 0 Å². The summed E-state index contributed by atoms with van der Waals surface area (Å²) in [5, 5.41) is 14.0. The van der Waals surface area contributed by atoms with Crippen LogP contribution in [0.5, 0.6) is 0 Å². The van der Waals surface area contributed by atoms with Crippen molar-refractivity contribution in [3.63, 3.8) is 0 Å². The minimum atomic E-state index is -0.153. The maximum Gasteiger partial charge on any atom is 0.274 e. The van der Waals surface area contributed by atoms with Gasteiger partial charge >= 0.3 is 0 Å². The summed E-state index contributed by atoms with van der Waals surface area (Å²) < 4.78 is 1.98. The van der Waals surface area contributed by atoms with Crippen LogP contribution in [0.1, 0.15) is 76.5 Å². The van der Waals surface area contributed by atoms with E-state index >= 15 is 0 Å². The van der Waals surface area contributed by atoms with Gasteiger partial charge in [-0.1, -0.05) is 13.8 Å². The second-order valence-corrected chi connectivity index (χ2v) is 8.12. The highest BCUT2D eigenvalue weighted by molar-refractivity contribution is 5.92. The van der Waals surface area contributed by atoms with Crippen molar-refractivity contribution in [2.45, 2.75) is 71.9 Å². The molecular formula is C18H31N3O2. The van der Waals surface area contributed by atoms with Crippen LogP contribution >= 0.6 is 0 Å². The molecule has 1 aliphatic heterocycles. The third-order valence-electron chi connectivity index (χ3n) is 4.68. The summed E-state index contributed by atoms with van der Waals surface area (Å²) in [6, 6.07) is 2.14. The van der Waals surface area contributed by atoms with Crippen molar-refractivity contribution in [3.8, 4) is 0 Å². The van der Waals surface area contributed by atoms with Gasteiger partial charge in [0.2, 0.25) is 0 Å². The molecule has 1 amide bonds. The standard InChI is InChI=1S/C18H31N3O2/c1-12(2)16-9-15(19-21(16)18(4,5)6)17(23)20-10-14(11-22)8-7-13(20)3/h9,12-14,22H,7-8,10-11H2,1-6H3. The Balaban J connectivity index is 2.32. The maximum atomic E-state index is 13.0. The van der Waals surface area contributed by atoms with E-state index in [1.54, 1.807) is 0 Å². The van der Waals surface area contributed by atoms with Crippen LogP contribution in [0.15, 0.2) is 6.07 Å². The molecule has 130 valence electrons. The fourth-order valence-electron chi connectivity index (χ4n) is 3.21. The number of carbonyl (C=O) groups excluding carboxylic acids is 1. The fourth-order valence-corrected chi connectivity index (χ4v) is 3.21. The number of aliphatic hydroxyl groups is 1. The lowest BCUT2D eigenvalue weighted by atomic mass is 9.94. The van der Waals surface area contributed by atoms with Gasteiger partial charge < -0.3 is 10.0 Å². The number of piperidine rings is 1. The normalized spacial score (nSPS) is 22.7. The van der Waals surface area contributed by atoms with E-state index in [1.807, 2.05) is 15.6 Å². The number of likely N-dealkylation sites (tertiary alicyclic amines) is 1.